The van der Waals surface area contributed by atoms with Gasteiger partial charge < -0.3 is 10.1 Å². The van der Waals surface area contributed by atoms with Gasteiger partial charge in [-0.05, 0) is 51.6 Å². The van der Waals surface area contributed by atoms with Crippen LogP contribution in [0.4, 0.5) is 0 Å². The van der Waals surface area contributed by atoms with E-state index in [0.29, 0.717) is 6.10 Å². The van der Waals surface area contributed by atoms with Gasteiger partial charge in [0.05, 0.1) is 6.10 Å². The highest BCUT2D eigenvalue weighted by Gasteiger charge is 2.24. The number of hydrogen-bond donors (Lipinski definition) is 1. The second kappa shape index (κ2) is 8.93. The molecule has 0 aromatic carbocycles. The lowest BCUT2D eigenvalue weighted by Gasteiger charge is -2.24. The van der Waals surface area contributed by atoms with Crippen molar-refractivity contribution < 1.29 is 4.74 Å². The van der Waals surface area contributed by atoms with E-state index in [4.69, 9.17) is 4.74 Å². The Morgan fingerprint density at radius 2 is 1.94 bits per heavy atom. The van der Waals surface area contributed by atoms with E-state index in [1.54, 1.807) is 0 Å². The molecule has 1 fully saturated rings. The van der Waals surface area contributed by atoms with Crippen molar-refractivity contribution in [3.05, 3.63) is 0 Å². The van der Waals surface area contributed by atoms with E-state index in [1.165, 1.54) is 45.1 Å². The molecule has 1 aliphatic carbocycles. The van der Waals surface area contributed by atoms with Crippen molar-refractivity contribution in [3.8, 4) is 0 Å². The normalized spacial score (nSPS) is 19.1. The quantitative estimate of drug-likeness (QED) is 0.623. The monoisotopic (exact) mass is 241 g/mol. The SMILES string of the molecule is CCCNCC(CCOC(C)C)C1CCCC1. The van der Waals surface area contributed by atoms with E-state index in [1.807, 2.05) is 0 Å². The Morgan fingerprint density at radius 3 is 2.53 bits per heavy atom. The van der Waals surface area contributed by atoms with Crippen molar-refractivity contribution in [1.29, 1.82) is 0 Å². The maximum absolute atomic E-state index is 5.71. The van der Waals surface area contributed by atoms with E-state index in [2.05, 4.69) is 26.1 Å². The first kappa shape index (κ1) is 15.0. The zero-order valence-electron chi connectivity index (χ0n) is 12.0. The van der Waals surface area contributed by atoms with Crippen LogP contribution in [0.5, 0.6) is 0 Å². The zero-order chi connectivity index (χ0) is 12.5. The van der Waals surface area contributed by atoms with E-state index >= 15 is 0 Å². The second-order valence-corrected chi connectivity index (χ2v) is 5.72. The van der Waals surface area contributed by atoms with Crippen LogP contribution in [0.1, 0.15) is 59.3 Å². The van der Waals surface area contributed by atoms with Gasteiger partial charge in [-0.15, -0.1) is 0 Å². The summed E-state index contributed by atoms with van der Waals surface area (Å²) in [6, 6.07) is 0. The molecule has 0 aliphatic heterocycles. The molecule has 2 nitrogen and oxygen atoms in total. The molecule has 1 aliphatic rings. The molecular formula is C15H31NO. The molecule has 0 aromatic heterocycles. The van der Waals surface area contributed by atoms with Crippen LogP contribution >= 0.6 is 0 Å². The average Bonchev–Trinajstić information content (AvgIpc) is 2.80. The molecule has 1 rings (SSSR count). The third-order valence-corrected chi connectivity index (χ3v) is 3.84. The predicted octanol–water partition coefficient (Wildman–Crippen LogP) is 3.61. The fourth-order valence-electron chi connectivity index (χ4n) is 2.85. The average molecular weight is 241 g/mol. The fraction of sp³-hybridized carbons (Fsp3) is 1.00. The Bertz CT molecular complexity index is 176. The molecule has 1 saturated carbocycles. The second-order valence-electron chi connectivity index (χ2n) is 5.72. The molecular weight excluding hydrogens is 210 g/mol. The first-order chi connectivity index (χ1) is 8.24. The van der Waals surface area contributed by atoms with Crippen molar-refractivity contribution in [1.82, 2.24) is 5.32 Å². The summed E-state index contributed by atoms with van der Waals surface area (Å²) in [5.41, 5.74) is 0. The van der Waals surface area contributed by atoms with Gasteiger partial charge in [-0.2, -0.15) is 0 Å². The summed E-state index contributed by atoms with van der Waals surface area (Å²) < 4.78 is 5.71. The van der Waals surface area contributed by atoms with Gasteiger partial charge in [-0.1, -0.05) is 32.6 Å². The summed E-state index contributed by atoms with van der Waals surface area (Å²) in [5.74, 6) is 1.79. The van der Waals surface area contributed by atoms with Crippen LogP contribution in [0.25, 0.3) is 0 Å². The molecule has 1 unspecified atom stereocenters. The largest absolute Gasteiger partial charge is 0.379 e. The van der Waals surface area contributed by atoms with Gasteiger partial charge >= 0.3 is 0 Å². The van der Waals surface area contributed by atoms with Crippen molar-refractivity contribution >= 4 is 0 Å². The number of nitrogens with one attached hydrogen (secondary N) is 1. The lowest BCUT2D eigenvalue weighted by atomic mass is 9.88. The molecule has 0 radical (unpaired) electrons. The molecule has 1 atom stereocenters. The zero-order valence-corrected chi connectivity index (χ0v) is 12.0. The van der Waals surface area contributed by atoms with Gasteiger partial charge in [-0.3, -0.25) is 0 Å². The Hall–Kier alpha value is -0.0800. The maximum atomic E-state index is 5.71. The van der Waals surface area contributed by atoms with Gasteiger partial charge in [0.2, 0.25) is 0 Å². The van der Waals surface area contributed by atoms with Crippen LogP contribution in [0.2, 0.25) is 0 Å². The smallest absolute Gasteiger partial charge is 0.0518 e. The lowest BCUT2D eigenvalue weighted by molar-refractivity contribution is 0.0623. The first-order valence-corrected chi connectivity index (χ1v) is 7.56. The van der Waals surface area contributed by atoms with Crippen LogP contribution in [0.15, 0.2) is 0 Å². The van der Waals surface area contributed by atoms with E-state index < -0.39 is 0 Å². The summed E-state index contributed by atoms with van der Waals surface area (Å²) in [7, 11) is 0. The van der Waals surface area contributed by atoms with Crippen molar-refractivity contribution in [2.75, 3.05) is 19.7 Å². The van der Waals surface area contributed by atoms with E-state index in [9.17, 15) is 0 Å². The molecule has 0 aromatic rings. The standard InChI is InChI=1S/C15H31NO/c1-4-10-16-12-15(9-11-17-13(2)3)14-7-5-6-8-14/h13-16H,4-12H2,1-3H3. The lowest BCUT2D eigenvalue weighted by Crippen LogP contribution is -2.29. The summed E-state index contributed by atoms with van der Waals surface area (Å²) >= 11 is 0. The summed E-state index contributed by atoms with van der Waals surface area (Å²) in [6.07, 6.45) is 8.63. The van der Waals surface area contributed by atoms with Gasteiger partial charge in [-0.25, -0.2) is 0 Å². The highest BCUT2D eigenvalue weighted by Crippen LogP contribution is 2.32. The Balaban J connectivity index is 2.24. The minimum atomic E-state index is 0.378. The van der Waals surface area contributed by atoms with Crippen LogP contribution in [0.3, 0.4) is 0 Å². The molecule has 102 valence electrons. The molecule has 0 amide bonds. The minimum Gasteiger partial charge on any atom is -0.379 e. The van der Waals surface area contributed by atoms with Crippen LogP contribution in [-0.4, -0.2) is 25.8 Å². The summed E-state index contributed by atoms with van der Waals surface area (Å²) in [5, 5.41) is 3.59. The van der Waals surface area contributed by atoms with Crippen LogP contribution in [0, 0.1) is 11.8 Å². The first-order valence-electron chi connectivity index (χ1n) is 7.56. The summed E-state index contributed by atoms with van der Waals surface area (Å²) in [6.45, 7) is 9.78. The predicted molar refractivity (Wildman–Crippen MR) is 74.3 cm³/mol. The van der Waals surface area contributed by atoms with Crippen molar-refractivity contribution in [2.24, 2.45) is 11.8 Å². The minimum absolute atomic E-state index is 0.378. The fourth-order valence-corrected chi connectivity index (χ4v) is 2.85. The molecule has 0 spiro atoms. The number of hydrogen-bond acceptors (Lipinski definition) is 2. The molecule has 2 heteroatoms. The van der Waals surface area contributed by atoms with Crippen LogP contribution < -0.4 is 5.32 Å². The van der Waals surface area contributed by atoms with Crippen LogP contribution in [-0.2, 0) is 4.74 Å². The third kappa shape index (κ3) is 6.42. The Labute approximate surface area is 108 Å². The summed E-state index contributed by atoms with van der Waals surface area (Å²) in [4.78, 5) is 0. The van der Waals surface area contributed by atoms with Crippen molar-refractivity contribution in [3.63, 3.8) is 0 Å². The van der Waals surface area contributed by atoms with E-state index in [0.717, 1.165) is 25.0 Å². The Morgan fingerprint density at radius 1 is 1.24 bits per heavy atom. The van der Waals surface area contributed by atoms with Gasteiger partial charge in [0.1, 0.15) is 0 Å². The van der Waals surface area contributed by atoms with Gasteiger partial charge in [0.15, 0.2) is 0 Å². The molecule has 0 bridgehead atoms. The molecule has 0 saturated heterocycles. The Kier molecular flexibility index (Phi) is 7.87. The van der Waals surface area contributed by atoms with Gasteiger partial charge in [0, 0.05) is 6.61 Å². The third-order valence-electron chi connectivity index (χ3n) is 3.84. The highest BCUT2D eigenvalue weighted by atomic mass is 16.5. The highest BCUT2D eigenvalue weighted by molar-refractivity contribution is 4.77. The number of rotatable bonds is 9. The van der Waals surface area contributed by atoms with Crippen molar-refractivity contribution in [2.45, 2.75) is 65.4 Å². The number of ether oxygens (including phenoxy) is 1. The van der Waals surface area contributed by atoms with E-state index in [-0.39, 0.29) is 0 Å². The molecule has 1 N–H and O–H groups in total. The topological polar surface area (TPSA) is 21.3 Å². The van der Waals surface area contributed by atoms with Gasteiger partial charge in [0.25, 0.3) is 0 Å². The molecule has 17 heavy (non-hydrogen) atoms. The molecule has 0 heterocycles. The maximum Gasteiger partial charge on any atom is 0.0518 e.